The van der Waals surface area contributed by atoms with Gasteiger partial charge in [0.15, 0.2) is 0 Å². The highest BCUT2D eigenvalue weighted by Crippen LogP contribution is 2.19. The maximum absolute atomic E-state index is 12.8. The predicted molar refractivity (Wildman–Crippen MR) is 109 cm³/mol. The number of hydrogen-bond acceptors (Lipinski definition) is 3. The number of benzene rings is 2. The summed E-state index contributed by atoms with van der Waals surface area (Å²) >= 11 is 0. The van der Waals surface area contributed by atoms with Crippen LogP contribution in [0.2, 0.25) is 0 Å². The number of amides is 2. The number of nitrogens with one attached hydrogen (secondary N) is 1. The van der Waals surface area contributed by atoms with E-state index >= 15 is 0 Å². The molecular weight excluding hydrogens is 338 g/mol. The summed E-state index contributed by atoms with van der Waals surface area (Å²) in [6.45, 7) is 7.34. The maximum Gasteiger partial charge on any atom is 0.234 e. The molecule has 0 saturated carbocycles. The average molecular weight is 367 g/mol. The molecule has 5 nitrogen and oxygen atoms in total. The quantitative estimate of drug-likeness (QED) is 0.853. The molecule has 1 saturated heterocycles. The third-order valence-corrected chi connectivity index (χ3v) is 5.33. The van der Waals surface area contributed by atoms with Gasteiger partial charge in [0.25, 0.3) is 0 Å². The van der Waals surface area contributed by atoms with Crippen molar-refractivity contribution in [2.24, 2.45) is 0 Å². The first-order valence-electron chi connectivity index (χ1n) is 9.83. The zero-order chi connectivity index (χ0) is 19.2. The molecule has 1 aliphatic rings. The second-order valence-corrected chi connectivity index (χ2v) is 7.35. The Balaban J connectivity index is 1.52. The van der Waals surface area contributed by atoms with Crippen molar-refractivity contribution in [3.05, 3.63) is 48.0 Å². The number of hydrogen-bond donors (Lipinski definition) is 1. The van der Waals surface area contributed by atoms with E-state index < -0.39 is 0 Å². The van der Waals surface area contributed by atoms with E-state index in [1.54, 1.807) is 0 Å². The highest BCUT2D eigenvalue weighted by molar-refractivity contribution is 5.90. The molecule has 0 aromatic heterocycles. The van der Waals surface area contributed by atoms with Crippen LogP contribution in [0.5, 0.6) is 0 Å². The number of fused-ring (bicyclic) bond motifs is 1. The van der Waals surface area contributed by atoms with Crippen molar-refractivity contribution in [2.75, 3.05) is 32.7 Å². The lowest BCUT2D eigenvalue weighted by Gasteiger charge is -2.34. The minimum atomic E-state index is 0.0693. The summed E-state index contributed by atoms with van der Waals surface area (Å²) in [7, 11) is 0. The number of piperazine rings is 1. The van der Waals surface area contributed by atoms with Crippen LogP contribution in [0, 0.1) is 0 Å². The molecule has 1 unspecified atom stereocenters. The predicted octanol–water partition coefficient (Wildman–Crippen LogP) is 2.44. The van der Waals surface area contributed by atoms with Crippen molar-refractivity contribution in [1.82, 2.24) is 15.1 Å². The summed E-state index contributed by atoms with van der Waals surface area (Å²) in [5, 5.41) is 5.31. The molecule has 2 aromatic rings. The third kappa shape index (κ3) is 5.07. The van der Waals surface area contributed by atoms with E-state index in [1.165, 1.54) is 5.39 Å². The molecule has 1 fully saturated rings. The lowest BCUT2D eigenvalue weighted by molar-refractivity contribution is -0.132. The van der Waals surface area contributed by atoms with Crippen LogP contribution in [-0.2, 0) is 16.0 Å². The van der Waals surface area contributed by atoms with Gasteiger partial charge in [0.1, 0.15) is 0 Å². The van der Waals surface area contributed by atoms with E-state index in [4.69, 9.17) is 0 Å². The van der Waals surface area contributed by atoms with Gasteiger partial charge < -0.3 is 10.2 Å². The zero-order valence-corrected chi connectivity index (χ0v) is 16.3. The van der Waals surface area contributed by atoms with E-state index in [1.807, 2.05) is 36.1 Å². The second kappa shape index (κ2) is 9.00. The maximum atomic E-state index is 12.8. The summed E-state index contributed by atoms with van der Waals surface area (Å²) in [5.74, 6) is 0.231. The molecule has 0 aliphatic carbocycles. The van der Waals surface area contributed by atoms with Crippen LogP contribution in [0.1, 0.15) is 25.8 Å². The Morgan fingerprint density at radius 3 is 2.48 bits per heavy atom. The summed E-state index contributed by atoms with van der Waals surface area (Å²) in [6, 6.07) is 14.5. The van der Waals surface area contributed by atoms with Crippen molar-refractivity contribution in [2.45, 2.75) is 32.7 Å². The SMILES string of the molecule is CCC(C)NC(=O)CN1CCN(C(=O)Cc2cccc3ccccc23)CC1. The zero-order valence-electron chi connectivity index (χ0n) is 16.3. The second-order valence-electron chi connectivity index (χ2n) is 7.35. The van der Waals surface area contributed by atoms with Gasteiger partial charge in [-0.05, 0) is 29.7 Å². The van der Waals surface area contributed by atoms with Gasteiger partial charge >= 0.3 is 0 Å². The van der Waals surface area contributed by atoms with Crippen molar-refractivity contribution in [3.63, 3.8) is 0 Å². The minimum absolute atomic E-state index is 0.0693. The Bertz CT molecular complexity index is 792. The van der Waals surface area contributed by atoms with E-state index in [9.17, 15) is 9.59 Å². The smallest absolute Gasteiger partial charge is 0.234 e. The molecular formula is C22H29N3O2. The molecule has 1 aliphatic heterocycles. The van der Waals surface area contributed by atoms with Crippen LogP contribution >= 0.6 is 0 Å². The molecule has 2 aromatic carbocycles. The number of carbonyl (C=O) groups excluding carboxylic acids is 2. The van der Waals surface area contributed by atoms with Crippen LogP contribution in [0.15, 0.2) is 42.5 Å². The normalized spacial score (nSPS) is 16.3. The van der Waals surface area contributed by atoms with Gasteiger partial charge in [0.05, 0.1) is 13.0 Å². The molecule has 1 atom stereocenters. The Labute approximate surface area is 161 Å². The molecule has 0 bridgehead atoms. The van der Waals surface area contributed by atoms with E-state index in [-0.39, 0.29) is 17.9 Å². The van der Waals surface area contributed by atoms with Gasteiger partial charge in [-0.15, -0.1) is 0 Å². The van der Waals surface area contributed by atoms with Crippen molar-refractivity contribution in [1.29, 1.82) is 0 Å². The van der Waals surface area contributed by atoms with Crippen LogP contribution in [0.4, 0.5) is 0 Å². The van der Waals surface area contributed by atoms with Crippen LogP contribution < -0.4 is 5.32 Å². The Morgan fingerprint density at radius 2 is 1.74 bits per heavy atom. The summed E-state index contributed by atoms with van der Waals surface area (Å²) in [4.78, 5) is 28.8. The van der Waals surface area contributed by atoms with Gasteiger partial charge in [-0.3, -0.25) is 14.5 Å². The fourth-order valence-corrected chi connectivity index (χ4v) is 3.50. The molecule has 2 amide bonds. The highest BCUT2D eigenvalue weighted by Gasteiger charge is 2.23. The topological polar surface area (TPSA) is 52.7 Å². The first-order valence-corrected chi connectivity index (χ1v) is 9.83. The van der Waals surface area contributed by atoms with Crippen LogP contribution in [0.3, 0.4) is 0 Å². The summed E-state index contributed by atoms with van der Waals surface area (Å²) in [6.07, 6.45) is 1.36. The van der Waals surface area contributed by atoms with Gasteiger partial charge in [-0.2, -0.15) is 0 Å². The average Bonchev–Trinajstić information content (AvgIpc) is 2.68. The first-order chi connectivity index (χ1) is 13.1. The van der Waals surface area contributed by atoms with Crippen LogP contribution in [0.25, 0.3) is 10.8 Å². The summed E-state index contributed by atoms with van der Waals surface area (Å²) < 4.78 is 0. The summed E-state index contributed by atoms with van der Waals surface area (Å²) in [5.41, 5.74) is 1.08. The molecule has 27 heavy (non-hydrogen) atoms. The number of carbonyl (C=O) groups is 2. The highest BCUT2D eigenvalue weighted by atomic mass is 16.2. The standard InChI is InChI=1S/C22H29N3O2/c1-3-17(2)23-21(26)16-24-11-13-25(14-12-24)22(27)15-19-9-6-8-18-7-4-5-10-20(18)19/h4-10,17H,3,11-16H2,1-2H3,(H,23,26). The molecule has 144 valence electrons. The lowest BCUT2D eigenvalue weighted by atomic mass is 10.0. The molecule has 5 heteroatoms. The van der Waals surface area contributed by atoms with E-state index in [0.717, 1.165) is 30.5 Å². The van der Waals surface area contributed by atoms with E-state index in [2.05, 4.69) is 35.3 Å². The Hall–Kier alpha value is -2.40. The first kappa shape index (κ1) is 19.4. The molecule has 1 N–H and O–H groups in total. The largest absolute Gasteiger partial charge is 0.353 e. The molecule has 0 radical (unpaired) electrons. The molecule has 1 heterocycles. The van der Waals surface area contributed by atoms with Crippen molar-refractivity contribution < 1.29 is 9.59 Å². The number of nitrogens with zero attached hydrogens (tertiary/aromatic N) is 2. The van der Waals surface area contributed by atoms with Gasteiger partial charge in [0, 0.05) is 32.2 Å². The fourth-order valence-electron chi connectivity index (χ4n) is 3.50. The van der Waals surface area contributed by atoms with Crippen LogP contribution in [-0.4, -0.2) is 60.4 Å². The van der Waals surface area contributed by atoms with Crippen molar-refractivity contribution >= 4 is 22.6 Å². The van der Waals surface area contributed by atoms with Gasteiger partial charge in [0.2, 0.25) is 11.8 Å². The monoisotopic (exact) mass is 367 g/mol. The lowest BCUT2D eigenvalue weighted by Crippen LogP contribution is -2.52. The Morgan fingerprint density at radius 1 is 1.04 bits per heavy atom. The third-order valence-electron chi connectivity index (χ3n) is 5.33. The van der Waals surface area contributed by atoms with Crippen molar-refractivity contribution in [3.8, 4) is 0 Å². The minimum Gasteiger partial charge on any atom is -0.353 e. The fraction of sp³-hybridized carbons (Fsp3) is 0.455. The van der Waals surface area contributed by atoms with Gasteiger partial charge in [-0.1, -0.05) is 49.4 Å². The Kier molecular flexibility index (Phi) is 6.45. The van der Waals surface area contributed by atoms with E-state index in [0.29, 0.717) is 26.1 Å². The molecule has 0 spiro atoms. The molecule has 3 rings (SSSR count). The van der Waals surface area contributed by atoms with Gasteiger partial charge in [-0.25, -0.2) is 0 Å². The number of rotatable bonds is 6.